The fraction of sp³-hybridized carbons (Fsp3) is 0.125. The Hall–Kier alpha value is -2.66. The Morgan fingerprint density at radius 2 is 1.76 bits per heavy atom. The lowest BCUT2D eigenvalue weighted by Crippen LogP contribution is -2.23. The van der Waals surface area contributed by atoms with Gasteiger partial charge in [-0.05, 0) is 24.1 Å². The molecule has 0 aromatic heterocycles. The fourth-order valence-corrected chi connectivity index (χ4v) is 2.09. The predicted octanol–water partition coefficient (Wildman–Crippen LogP) is 1.77. The summed E-state index contributed by atoms with van der Waals surface area (Å²) in [5.41, 5.74) is 7.00. The molecule has 2 aromatic carbocycles. The molecule has 5 nitrogen and oxygen atoms in total. The molecule has 0 aliphatic heterocycles. The van der Waals surface area contributed by atoms with Crippen molar-refractivity contribution in [1.29, 1.82) is 0 Å². The van der Waals surface area contributed by atoms with Crippen molar-refractivity contribution in [1.82, 2.24) is 0 Å². The standard InChI is InChI=1S/C16H16N2O3/c1-10-6-5-9-12(13(10)15(17)20)18-16(21)14(19)11-7-3-2-4-8-11/h2-9,14,19H,1H3,(H2,17,20)(H,18,21). The number of carbonyl (C=O) groups excluding carboxylic acids is 2. The van der Waals surface area contributed by atoms with E-state index in [1.54, 1.807) is 55.5 Å². The highest BCUT2D eigenvalue weighted by Gasteiger charge is 2.20. The number of hydrogen-bond donors (Lipinski definition) is 3. The minimum Gasteiger partial charge on any atom is -0.378 e. The van der Waals surface area contributed by atoms with Crippen LogP contribution >= 0.6 is 0 Å². The molecule has 0 bridgehead atoms. The van der Waals surface area contributed by atoms with Crippen molar-refractivity contribution in [2.75, 3.05) is 5.32 Å². The Bertz CT molecular complexity index is 668. The van der Waals surface area contributed by atoms with Gasteiger partial charge in [-0.2, -0.15) is 0 Å². The van der Waals surface area contributed by atoms with E-state index in [0.717, 1.165) is 0 Å². The second-order valence-corrected chi connectivity index (χ2v) is 4.66. The lowest BCUT2D eigenvalue weighted by atomic mass is 10.0. The van der Waals surface area contributed by atoms with Crippen LogP contribution in [0.15, 0.2) is 48.5 Å². The van der Waals surface area contributed by atoms with Crippen LogP contribution in [0, 0.1) is 6.92 Å². The van der Waals surface area contributed by atoms with Gasteiger partial charge in [-0.15, -0.1) is 0 Å². The second-order valence-electron chi connectivity index (χ2n) is 4.66. The minimum absolute atomic E-state index is 0.242. The number of hydrogen-bond acceptors (Lipinski definition) is 3. The average molecular weight is 284 g/mol. The van der Waals surface area contributed by atoms with Crippen molar-refractivity contribution in [3.8, 4) is 0 Å². The lowest BCUT2D eigenvalue weighted by molar-refractivity contribution is -0.124. The van der Waals surface area contributed by atoms with Gasteiger partial charge in [0.05, 0.1) is 11.3 Å². The van der Waals surface area contributed by atoms with Crippen LogP contribution < -0.4 is 11.1 Å². The van der Waals surface area contributed by atoms with Gasteiger partial charge in [0.1, 0.15) is 0 Å². The van der Waals surface area contributed by atoms with Crippen LogP contribution in [0.2, 0.25) is 0 Å². The maximum absolute atomic E-state index is 12.1. The summed E-state index contributed by atoms with van der Waals surface area (Å²) in [6.45, 7) is 1.73. The zero-order chi connectivity index (χ0) is 15.4. The third kappa shape index (κ3) is 3.27. The van der Waals surface area contributed by atoms with Gasteiger partial charge in [-0.3, -0.25) is 9.59 Å². The molecule has 108 valence electrons. The molecule has 0 saturated carbocycles. The molecule has 1 unspecified atom stereocenters. The summed E-state index contributed by atoms with van der Waals surface area (Å²) < 4.78 is 0. The number of primary amides is 1. The number of aliphatic hydroxyl groups excluding tert-OH is 1. The van der Waals surface area contributed by atoms with Crippen LogP contribution in [0.25, 0.3) is 0 Å². The maximum atomic E-state index is 12.1. The summed E-state index contributed by atoms with van der Waals surface area (Å²) >= 11 is 0. The average Bonchev–Trinajstić information content (AvgIpc) is 2.47. The molecule has 0 heterocycles. The van der Waals surface area contributed by atoms with Gasteiger partial charge in [0.25, 0.3) is 11.8 Å². The first-order valence-corrected chi connectivity index (χ1v) is 6.44. The SMILES string of the molecule is Cc1cccc(NC(=O)C(O)c2ccccc2)c1C(N)=O. The van der Waals surface area contributed by atoms with Crippen LogP contribution in [0.5, 0.6) is 0 Å². The third-order valence-electron chi connectivity index (χ3n) is 3.14. The van der Waals surface area contributed by atoms with Crippen molar-refractivity contribution in [3.05, 3.63) is 65.2 Å². The minimum atomic E-state index is -1.31. The molecule has 2 rings (SSSR count). The number of benzene rings is 2. The highest BCUT2D eigenvalue weighted by Crippen LogP contribution is 2.21. The molecule has 0 aliphatic carbocycles. The third-order valence-corrected chi connectivity index (χ3v) is 3.14. The Balaban J connectivity index is 2.25. The molecule has 5 heteroatoms. The first-order chi connectivity index (χ1) is 10.0. The normalized spacial score (nSPS) is 11.7. The van der Waals surface area contributed by atoms with Crippen LogP contribution in [0.1, 0.15) is 27.6 Å². The second kappa shape index (κ2) is 6.19. The predicted molar refractivity (Wildman–Crippen MR) is 79.7 cm³/mol. The molecular formula is C16H16N2O3. The molecule has 21 heavy (non-hydrogen) atoms. The van der Waals surface area contributed by atoms with E-state index in [0.29, 0.717) is 16.8 Å². The molecule has 0 spiro atoms. The summed E-state index contributed by atoms with van der Waals surface area (Å²) in [7, 11) is 0. The van der Waals surface area contributed by atoms with Crippen LogP contribution in [-0.2, 0) is 4.79 Å². The molecule has 0 radical (unpaired) electrons. The van der Waals surface area contributed by atoms with Crippen molar-refractivity contribution < 1.29 is 14.7 Å². The van der Waals surface area contributed by atoms with E-state index in [9.17, 15) is 14.7 Å². The van der Waals surface area contributed by atoms with Gasteiger partial charge in [-0.25, -0.2) is 0 Å². The van der Waals surface area contributed by atoms with Gasteiger partial charge in [0.15, 0.2) is 6.10 Å². The number of amides is 2. The van der Waals surface area contributed by atoms with Gasteiger partial charge in [0, 0.05) is 0 Å². The van der Waals surface area contributed by atoms with Crippen molar-refractivity contribution in [2.45, 2.75) is 13.0 Å². The molecule has 0 fully saturated rings. The summed E-state index contributed by atoms with van der Waals surface area (Å²) in [6.07, 6.45) is -1.31. The Kier molecular flexibility index (Phi) is 4.35. The molecule has 0 aliphatic rings. The van der Waals surface area contributed by atoms with Crippen LogP contribution in [0.4, 0.5) is 5.69 Å². The van der Waals surface area contributed by atoms with Crippen molar-refractivity contribution in [2.24, 2.45) is 5.73 Å². The van der Waals surface area contributed by atoms with E-state index in [1.807, 2.05) is 0 Å². The fourth-order valence-electron chi connectivity index (χ4n) is 2.09. The first kappa shape index (κ1) is 14.7. The topological polar surface area (TPSA) is 92.4 Å². The molecule has 1 atom stereocenters. The highest BCUT2D eigenvalue weighted by molar-refractivity contribution is 6.05. The Morgan fingerprint density at radius 1 is 1.10 bits per heavy atom. The van der Waals surface area contributed by atoms with E-state index in [-0.39, 0.29) is 5.56 Å². The van der Waals surface area contributed by atoms with Gasteiger partial charge >= 0.3 is 0 Å². The van der Waals surface area contributed by atoms with E-state index in [1.165, 1.54) is 0 Å². The quantitative estimate of drug-likeness (QED) is 0.798. The largest absolute Gasteiger partial charge is 0.378 e. The van der Waals surface area contributed by atoms with E-state index >= 15 is 0 Å². The van der Waals surface area contributed by atoms with Gasteiger partial charge < -0.3 is 16.2 Å². The van der Waals surface area contributed by atoms with Gasteiger partial charge in [-0.1, -0.05) is 42.5 Å². The van der Waals surface area contributed by atoms with E-state index in [2.05, 4.69) is 5.32 Å². The smallest absolute Gasteiger partial charge is 0.257 e. The molecule has 2 aromatic rings. The van der Waals surface area contributed by atoms with Gasteiger partial charge in [0.2, 0.25) is 0 Å². The number of aliphatic hydroxyl groups is 1. The number of rotatable bonds is 4. The maximum Gasteiger partial charge on any atom is 0.257 e. The van der Waals surface area contributed by atoms with Crippen LogP contribution in [-0.4, -0.2) is 16.9 Å². The number of nitrogens with one attached hydrogen (secondary N) is 1. The van der Waals surface area contributed by atoms with Crippen molar-refractivity contribution in [3.63, 3.8) is 0 Å². The zero-order valence-electron chi connectivity index (χ0n) is 11.5. The molecule has 0 saturated heterocycles. The molecular weight excluding hydrogens is 268 g/mol. The Morgan fingerprint density at radius 3 is 2.38 bits per heavy atom. The van der Waals surface area contributed by atoms with E-state index in [4.69, 9.17) is 5.73 Å². The molecule has 4 N–H and O–H groups in total. The molecule has 2 amide bonds. The van der Waals surface area contributed by atoms with Crippen molar-refractivity contribution >= 4 is 17.5 Å². The summed E-state index contributed by atoms with van der Waals surface area (Å²) in [6, 6.07) is 13.5. The summed E-state index contributed by atoms with van der Waals surface area (Å²) in [4.78, 5) is 23.6. The summed E-state index contributed by atoms with van der Waals surface area (Å²) in [5.74, 6) is -1.24. The lowest BCUT2D eigenvalue weighted by Gasteiger charge is -2.14. The van der Waals surface area contributed by atoms with E-state index < -0.39 is 17.9 Å². The zero-order valence-corrected chi connectivity index (χ0v) is 11.5. The number of anilines is 1. The Labute approximate surface area is 122 Å². The number of carbonyl (C=O) groups is 2. The first-order valence-electron chi connectivity index (χ1n) is 6.44. The number of aryl methyl sites for hydroxylation is 1. The highest BCUT2D eigenvalue weighted by atomic mass is 16.3. The summed E-state index contributed by atoms with van der Waals surface area (Å²) in [5, 5.41) is 12.6. The number of nitrogens with two attached hydrogens (primary N) is 1. The monoisotopic (exact) mass is 284 g/mol. The van der Waals surface area contributed by atoms with Crippen LogP contribution in [0.3, 0.4) is 0 Å².